The van der Waals surface area contributed by atoms with Gasteiger partial charge in [-0.2, -0.15) is 0 Å². The first-order chi connectivity index (χ1) is 5.99. The Hall–Kier alpha value is -1.10. The summed E-state index contributed by atoms with van der Waals surface area (Å²) in [6.07, 6.45) is 0.631. The second-order valence-electron chi connectivity index (χ2n) is 2.95. The van der Waals surface area contributed by atoms with E-state index < -0.39 is 11.9 Å². The number of hydrogen-bond donors (Lipinski definition) is 2. The number of nitrogens with zero attached hydrogens (tertiary/aromatic N) is 1. The first-order valence-electron chi connectivity index (χ1n) is 4.20. The Bertz CT molecular complexity index is 194. The van der Waals surface area contributed by atoms with Crippen molar-refractivity contribution in [2.75, 3.05) is 13.6 Å². The molecule has 1 amide bonds. The van der Waals surface area contributed by atoms with Crippen LogP contribution < -0.4 is 5.73 Å². The maximum atomic E-state index is 10.8. The zero-order valence-corrected chi connectivity index (χ0v) is 7.99. The molecular weight excluding hydrogens is 172 g/mol. The average molecular weight is 188 g/mol. The average Bonchev–Trinajstić information content (AvgIpc) is 2.01. The molecule has 0 aliphatic carbocycles. The molecule has 1 atom stereocenters. The van der Waals surface area contributed by atoms with Crippen LogP contribution in [-0.2, 0) is 9.59 Å². The van der Waals surface area contributed by atoms with E-state index >= 15 is 0 Å². The van der Waals surface area contributed by atoms with Gasteiger partial charge in [-0.25, -0.2) is 0 Å². The third kappa shape index (κ3) is 4.47. The fourth-order valence-electron chi connectivity index (χ4n) is 1.16. The van der Waals surface area contributed by atoms with Crippen LogP contribution in [0.25, 0.3) is 0 Å². The molecule has 0 fully saturated rings. The SMILES string of the molecule is CCC(C(N)=O)N(C)CCC(=O)O. The lowest BCUT2D eigenvalue weighted by molar-refractivity contribution is -0.138. The van der Waals surface area contributed by atoms with E-state index in [0.29, 0.717) is 13.0 Å². The molecule has 76 valence electrons. The third-order valence-electron chi connectivity index (χ3n) is 1.93. The van der Waals surface area contributed by atoms with E-state index in [4.69, 9.17) is 10.8 Å². The number of primary amides is 1. The van der Waals surface area contributed by atoms with Gasteiger partial charge in [-0.1, -0.05) is 6.92 Å². The number of carbonyl (C=O) groups is 2. The molecule has 0 saturated carbocycles. The van der Waals surface area contributed by atoms with E-state index in [0.717, 1.165) is 0 Å². The number of amides is 1. The summed E-state index contributed by atoms with van der Waals surface area (Å²) in [5.41, 5.74) is 5.13. The monoisotopic (exact) mass is 188 g/mol. The number of nitrogens with two attached hydrogens (primary N) is 1. The number of carboxylic acid groups (broad SMARTS) is 1. The van der Waals surface area contributed by atoms with E-state index in [1.54, 1.807) is 11.9 Å². The molecule has 0 spiro atoms. The lowest BCUT2D eigenvalue weighted by Crippen LogP contribution is -2.42. The second kappa shape index (κ2) is 5.53. The predicted octanol–water partition coefficient (Wildman–Crippen LogP) is -0.343. The normalized spacial score (nSPS) is 12.8. The Kier molecular flexibility index (Phi) is 5.06. The molecule has 5 nitrogen and oxygen atoms in total. The third-order valence-corrected chi connectivity index (χ3v) is 1.93. The molecule has 0 bridgehead atoms. The van der Waals surface area contributed by atoms with Crippen molar-refractivity contribution in [3.63, 3.8) is 0 Å². The maximum absolute atomic E-state index is 10.8. The van der Waals surface area contributed by atoms with Crippen molar-refractivity contribution in [1.82, 2.24) is 4.90 Å². The van der Waals surface area contributed by atoms with Crippen LogP contribution in [-0.4, -0.2) is 41.5 Å². The maximum Gasteiger partial charge on any atom is 0.304 e. The fraction of sp³-hybridized carbons (Fsp3) is 0.750. The van der Waals surface area contributed by atoms with Gasteiger partial charge in [0.05, 0.1) is 12.5 Å². The zero-order valence-electron chi connectivity index (χ0n) is 7.99. The lowest BCUT2D eigenvalue weighted by Gasteiger charge is -2.23. The van der Waals surface area contributed by atoms with Gasteiger partial charge in [-0.15, -0.1) is 0 Å². The summed E-state index contributed by atoms with van der Waals surface area (Å²) in [6.45, 7) is 2.18. The van der Waals surface area contributed by atoms with Gasteiger partial charge in [-0.05, 0) is 13.5 Å². The standard InChI is InChI=1S/C8H16N2O3/c1-3-6(8(9)13)10(2)5-4-7(11)12/h6H,3-5H2,1-2H3,(H2,9,13)(H,11,12). The minimum absolute atomic E-state index is 0.0281. The van der Waals surface area contributed by atoms with Crippen LogP contribution in [0.4, 0.5) is 0 Å². The van der Waals surface area contributed by atoms with E-state index in [-0.39, 0.29) is 12.5 Å². The Morgan fingerprint density at radius 1 is 1.54 bits per heavy atom. The van der Waals surface area contributed by atoms with Crippen LogP contribution >= 0.6 is 0 Å². The largest absolute Gasteiger partial charge is 0.481 e. The van der Waals surface area contributed by atoms with Gasteiger partial charge in [0.15, 0.2) is 0 Å². The molecular formula is C8H16N2O3. The summed E-state index contributed by atoms with van der Waals surface area (Å²) >= 11 is 0. The van der Waals surface area contributed by atoms with Crippen LogP contribution in [0.5, 0.6) is 0 Å². The number of carboxylic acids is 1. The Balaban J connectivity index is 3.98. The van der Waals surface area contributed by atoms with E-state index in [2.05, 4.69) is 0 Å². The summed E-state index contributed by atoms with van der Waals surface area (Å²) in [6, 6.07) is -0.362. The van der Waals surface area contributed by atoms with Crippen molar-refractivity contribution in [2.45, 2.75) is 25.8 Å². The minimum atomic E-state index is -0.869. The van der Waals surface area contributed by atoms with Gasteiger partial charge in [0.25, 0.3) is 0 Å². The predicted molar refractivity (Wildman–Crippen MR) is 48.2 cm³/mol. The second-order valence-corrected chi connectivity index (χ2v) is 2.95. The van der Waals surface area contributed by atoms with Crippen molar-refractivity contribution < 1.29 is 14.7 Å². The Morgan fingerprint density at radius 3 is 2.38 bits per heavy atom. The molecule has 0 heterocycles. The first kappa shape index (κ1) is 11.9. The van der Waals surface area contributed by atoms with Crippen molar-refractivity contribution >= 4 is 11.9 Å². The minimum Gasteiger partial charge on any atom is -0.481 e. The highest BCUT2D eigenvalue weighted by atomic mass is 16.4. The Morgan fingerprint density at radius 2 is 2.08 bits per heavy atom. The molecule has 0 aliphatic heterocycles. The summed E-state index contributed by atoms with van der Waals surface area (Å²) in [5, 5.41) is 8.41. The molecule has 0 radical (unpaired) electrons. The van der Waals surface area contributed by atoms with Crippen LogP contribution in [0.15, 0.2) is 0 Å². The molecule has 5 heteroatoms. The molecule has 0 saturated heterocycles. The van der Waals surface area contributed by atoms with Gasteiger partial charge < -0.3 is 10.8 Å². The number of likely N-dealkylation sites (N-methyl/N-ethyl adjacent to an activating group) is 1. The number of carbonyl (C=O) groups excluding carboxylic acids is 1. The smallest absolute Gasteiger partial charge is 0.304 e. The van der Waals surface area contributed by atoms with E-state index in [9.17, 15) is 9.59 Å². The van der Waals surface area contributed by atoms with Crippen molar-refractivity contribution in [3.05, 3.63) is 0 Å². The highest BCUT2D eigenvalue weighted by molar-refractivity contribution is 5.79. The quantitative estimate of drug-likeness (QED) is 0.597. The van der Waals surface area contributed by atoms with Crippen molar-refractivity contribution in [3.8, 4) is 0 Å². The topological polar surface area (TPSA) is 83.6 Å². The molecule has 0 aromatic rings. The van der Waals surface area contributed by atoms with E-state index in [1.807, 2.05) is 6.92 Å². The summed E-state index contributed by atoms with van der Waals surface area (Å²) in [5.74, 6) is -1.28. The van der Waals surface area contributed by atoms with Gasteiger partial charge >= 0.3 is 5.97 Å². The fourth-order valence-corrected chi connectivity index (χ4v) is 1.16. The molecule has 1 unspecified atom stereocenters. The highest BCUT2D eigenvalue weighted by Crippen LogP contribution is 2.01. The number of hydrogen-bond acceptors (Lipinski definition) is 3. The van der Waals surface area contributed by atoms with Crippen LogP contribution in [0.1, 0.15) is 19.8 Å². The summed E-state index contributed by atoms with van der Waals surface area (Å²) < 4.78 is 0. The first-order valence-corrected chi connectivity index (χ1v) is 4.20. The molecule has 0 aliphatic rings. The van der Waals surface area contributed by atoms with Gasteiger partial charge in [-0.3, -0.25) is 14.5 Å². The van der Waals surface area contributed by atoms with E-state index in [1.165, 1.54) is 0 Å². The molecule has 0 rings (SSSR count). The number of rotatable bonds is 6. The lowest BCUT2D eigenvalue weighted by atomic mass is 10.2. The van der Waals surface area contributed by atoms with Gasteiger partial charge in [0.1, 0.15) is 0 Å². The van der Waals surface area contributed by atoms with Crippen LogP contribution in [0.2, 0.25) is 0 Å². The van der Waals surface area contributed by atoms with Gasteiger partial charge in [0, 0.05) is 6.54 Å². The summed E-state index contributed by atoms with van der Waals surface area (Å²) in [7, 11) is 1.70. The van der Waals surface area contributed by atoms with Crippen molar-refractivity contribution in [1.29, 1.82) is 0 Å². The molecule has 13 heavy (non-hydrogen) atoms. The molecule has 0 aromatic carbocycles. The Labute approximate surface area is 77.5 Å². The van der Waals surface area contributed by atoms with Crippen molar-refractivity contribution in [2.24, 2.45) is 5.73 Å². The summed E-state index contributed by atoms with van der Waals surface area (Å²) in [4.78, 5) is 22.8. The van der Waals surface area contributed by atoms with Crippen LogP contribution in [0, 0.1) is 0 Å². The number of aliphatic carboxylic acids is 1. The molecule has 3 N–H and O–H groups in total. The van der Waals surface area contributed by atoms with Gasteiger partial charge in [0.2, 0.25) is 5.91 Å². The van der Waals surface area contributed by atoms with Crippen LogP contribution in [0.3, 0.4) is 0 Å². The highest BCUT2D eigenvalue weighted by Gasteiger charge is 2.18. The molecule has 0 aromatic heterocycles. The zero-order chi connectivity index (χ0) is 10.4.